The summed E-state index contributed by atoms with van der Waals surface area (Å²) in [6.45, 7) is 3.58. The van der Waals surface area contributed by atoms with Crippen LogP contribution in [0.25, 0.3) is 0 Å². The first-order valence-electron chi connectivity index (χ1n) is 6.86. The lowest BCUT2D eigenvalue weighted by atomic mass is 10.1. The van der Waals surface area contributed by atoms with E-state index in [0.717, 1.165) is 13.0 Å². The molecule has 0 atom stereocenters. The third kappa shape index (κ3) is 4.15. The van der Waals surface area contributed by atoms with Gasteiger partial charge in [0.15, 0.2) is 0 Å². The molecule has 2 N–H and O–H groups in total. The summed E-state index contributed by atoms with van der Waals surface area (Å²) in [5, 5.41) is 6.34. The monoisotopic (exact) mass is 246 g/mol. The highest BCUT2D eigenvalue weighted by Crippen LogP contribution is 2.18. The number of hydrogen-bond acceptors (Lipinski definition) is 2. The zero-order chi connectivity index (χ0) is 12.8. The second-order valence-electron chi connectivity index (χ2n) is 4.88. The average Bonchev–Trinajstić information content (AvgIpc) is 3.21. The lowest BCUT2D eigenvalue weighted by Gasteiger charge is -2.09. The van der Waals surface area contributed by atoms with Crippen LogP contribution in [0.1, 0.15) is 37.3 Å². The molecule has 1 amide bonds. The van der Waals surface area contributed by atoms with Crippen molar-refractivity contribution < 1.29 is 4.79 Å². The van der Waals surface area contributed by atoms with Gasteiger partial charge in [0, 0.05) is 25.6 Å². The molecule has 3 nitrogen and oxygen atoms in total. The standard InChI is InChI=1S/C15H22N2O/c1-2-12-5-3-4-6-13(12)11-17-15(18)9-10-16-14-7-8-14/h3-6,14,16H,2,7-11H2,1H3,(H,17,18). The predicted molar refractivity (Wildman–Crippen MR) is 73.3 cm³/mol. The third-order valence-electron chi connectivity index (χ3n) is 3.34. The number of aryl methyl sites for hydroxylation is 1. The Labute approximate surface area is 109 Å². The fourth-order valence-electron chi connectivity index (χ4n) is 2.03. The normalized spacial score (nSPS) is 14.5. The number of carbonyl (C=O) groups excluding carboxylic acids is 1. The van der Waals surface area contributed by atoms with Crippen LogP contribution in [0.4, 0.5) is 0 Å². The molecule has 0 saturated heterocycles. The van der Waals surface area contributed by atoms with Crippen molar-refractivity contribution in [3.63, 3.8) is 0 Å². The number of rotatable bonds is 7. The molecule has 0 aliphatic heterocycles. The van der Waals surface area contributed by atoms with Crippen molar-refractivity contribution >= 4 is 5.91 Å². The average molecular weight is 246 g/mol. The number of amides is 1. The largest absolute Gasteiger partial charge is 0.352 e. The van der Waals surface area contributed by atoms with Crippen molar-refractivity contribution in [3.05, 3.63) is 35.4 Å². The summed E-state index contributed by atoms with van der Waals surface area (Å²) in [6.07, 6.45) is 4.12. The van der Waals surface area contributed by atoms with Crippen molar-refractivity contribution in [2.45, 2.75) is 45.2 Å². The molecule has 2 rings (SSSR count). The van der Waals surface area contributed by atoms with E-state index in [1.54, 1.807) is 0 Å². The Morgan fingerprint density at radius 1 is 1.28 bits per heavy atom. The smallest absolute Gasteiger partial charge is 0.221 e. The molecule has 0 unspecified atom stereocenters. The summed E-state index contributed by atoms with van der Waals surface area (Å²) in [7, 11) is 0. The molecule has 0 bridgehead atoms. The Morgan fingerprint density at radius 2 is 2.00 bits per heavy atom. The van der Waals surface area contributed by atoms with Crippen LogP contribution in [-0.2, 0) is 17.8 Å². The second-order valence-corrected chi connectivity index (χ2v) is 4.88. The SMILES string of the molecule is CCc1ccccc1CNC(=O)CCNC1CC1. The van der Waals surface area contributed by atoms with Crippen LogP contribution < -0.4 is 10.6 Å². The van der Waals surface area contributed by atoms with E-state index in [2.05, 4.69) is 29.7 Å². The first-order valence-corrected chi connectivity index (χ1v) is 6.86. The van der Waals surface area contributed by atoms with E-state index in [-0.39, 0.29) is 5.91 Å². The van der Waals surface area contributed by atoms with Crippen LogP contribution in [-0.4, -0.2) is 18.5 Å². The molecular weight excluding hydrogens is 224 g/mol. The summed E-state index contributed by atoms with van der Waals surface area (Å²) in [4.78, 5) is 11.7. The highest BCUT2D eigenvalue weighted by Gasteiger charge is 2.19. The Bertz CT molecular complexity index is 399. The maximum atomic E-state index is 11.7. The van der Waals surface area contributed by atoms with E-state index in [1.165, 1.54) is 24.0 Å². The van der Waals surface area contributed by atoms with Gasteiger partial charge < -0.3 is 10.6 Å². The molecule has 0 radical (unpaired) electrons. The maximum absolute atomic E-state index is 11.7. The highest BCUT2D eigenvalue weighted by atomic mass is 16.1. The first-order chi connectivity index (χ1) is 8.79. The summed E-state index contributed by atoms with van der Waals surface area (Å²) >= 11 is 0. The molecule has 18 heavy (non-hydrogen) atoms. The van der Waals surface area contributed by atoms with Gasteiger partial charge in [-0.05, 0) is 30.4 Å². The van der Waals surface area contributed by atoms with E-state index in [9.17, 15) is 4.79 Å². The molecule has 1 aromatic carbocycles. The summed E-state index contributed by atoms with van der Waals surface area (Å²) < 4.78 is 0. The Kier molecular flexibility index (Phi) is 4.76. The maximum Gasteiger partial charge on any atom is 0.221 e. The molecule has 0 heterocycles. The molecule has 1 aliphatic rings. The molecule has 0 spiro atoms. The van der Waals surface area contributed by atoms with Crippen LogP contribution in [0, 0.1) is 0 Å². The fourth-order valence-corrected chi connectivity index (χ4v) is 2.03. The van der Waals surface area contributed by atoms with E-state index in [1.807, 2.05) is 12.1 Å². The summed E-state index contributed by atoms with van der Waals surface area (Å²) in [5.41, 5.74) is 2.54. The molecule has 1 saturated carbocycles. The lowest BCUT2D eigenvalue weighted by Crippen LogP contribution is -2.28. The Balaban J connectivity index is 1.70. The van der Waals surface area contributed by atoms with Crippen LogP contribution in [0.3, 0.4) is 0 Å². The van der Waals surface area contributed by atoms with Gasteiger partial charge in [-0.15, -0.1) is 0 Å². The first kappa shape index (κ1) is 13.1. The lowest BCUT2D eigenvalue weighted by molar-refractivity contribution is -0.121. The molecule has 1 aromatic rings. The van der Waals surface area contributed by atoms with Crippen molar-refractivity contribution in [3.8, 4) is 0 Å². The predicted octanol–water partition coefficient (Wildman–Crippen LogP) is 2.01. The molecule has 1 aliphatic carbocycles. The third-order valence-corrected chi connectivity index (χ3v) is 3.34. The van der Waals surface area contributed by atoms with E-state index >= 15 is 0 Å². The van der Waals surface area contributed by atoms with Gasteiger partial charge in [0.05, 0.1) is 0 Å². The van der Waals surface area contributed by atoms with Gasteiger partial charge in [0.2, 0.25) is 5.91 Å². The van der Waals surface area contributed by atoms with E-state index in [4.69, 9.17) is 0 Å². The van der Waals surface area contributed by atoms with E-state index < -0.39 is 0 Å². The van der Waals surface area contributed by atoms with Gasteiger partial charge in [-0.25, -0.2) is 0 Å². The second kappa shape index (κ2) is 6.55. The van der Waals surface area contributed by atoms with Crippen molar-refractivity contribution in [1.29, 1.82) is 0 Å². The zero-order valence-corrected chi connectivity index (χ0v) is 11.0. The summed E-state index contributed by atoms with van der Waals surface area (Å²) in [6, 6.07) is 8.95. The minimum atomic E-state index is 0.133. The van der Waals surface area contributed by atoms with Gasteiger partial charge >= 0.3 is 0 Å². The molecule has 3 heteroatoms. The minimum absolute atomic E-state index is 0.133. The van der Waals surface area contributed by atoms with Crippen LogP contribution in [0.15, 0.2) is 24.3 Å². The van der Waals surface area contributed by atoms with Crippen LogP contribution >= 0.6 is 0 Å². The number of hydrogen-bond donors (Lipinski definition) is 2. The molecule has 0 aromatic heterocycles. The Hall–Kier alpha value is -1.35. The topological polar surface area (TPSA) is 41.1 Å². The fraction of sp³-hybridized carbons (Fsp3) is 0.533. The van der Waals surface area contributed by atoms with Crippen molar-refractivity contribution in [2.24, 2.45) is 0 Å². The zero-order valence-electron chi connectivity index (χ0n) is 11.0. The van der Waals surface area contributed by atoms with Crippen molar-refractivity contribution in [1.82, 2.24) is 10.6 Å². The molecular formula is C15H22N2O. The quantitative estimate of drug-likeness (QED) is 0.772. The van der Waals surface area contributed by atoms with Gasteiger partial charge in [-0.1, -0.05) is 31.2 Å². The van der Waals surface area contributed by atoms with Crippen LogP contribution in [0.5, 0.6) is 0 Å². The number of benzene rings is 1. The van der Waals surface area contributed by atoms with Gasteiger partial charge in [-0.3, -0.25) is 4.79 Å². The molecule has 98 valence electrons. The van der Waals surface area contributed by atoms with Gasteiger partial charge in [-0.2, -0.15) is 0 Å². The number of carbonyl (C=O) groups is 1. The highest BCUT2D eigenvalue weighted by molar-refractivity contribution is 5.76. The number of nitrogens with one attached hydrogen (secondary N) is 2. The van der Waals surface area contributed by atoms with E-state index in [0.29, 0.717) is 19.0 Å². The van der Waals surface area contributed by atoms with Gasteiger partial charge in [0.25, 0.3) is 0 Å². The minimum Gasteiger partial charge on any atom is -0.352 e. The van der Waals surface area contributed by atoms with Crippen LogP contribution in [0.2, 0.25) is 0 Å². The van der Waals surface area contributed by atoms with Crippen molar-refractivity contribution in [2.75, 3.05) is 6.54 Å². The Morgan fingerprint density at radius 3 is 2.67 bits per heavy atom. The van der Waals surface area contributed by atoms with Gasteiger partial charge in [0.1, 0.15) is 0 Å². The summed E-state index contributed by atoms with van der Waals surface area (Å²) in [5.74, 6) is 0.133. The molecule has 1 fully saturated rings.